The molecule has 1 N–H and O–H groups in total. The minimum absolute atomic E-state index is 0.129. The van der Waals surface area contributed by atoms with Gasteiger partial charge in [0.2, 0.25) is 5.91 Å². The average molecular weight is 323 g/mol. The number of carbonyl (C=O) groups excluding carboxylic acids is 2. The Kier molecular flexibility index (Phi) is 6.25. The van der Waals surface area contributed by atoms with Crippen molar-refractivity contribution in [1.82, 2.24) is 10.2 Å². The lowest BCUT2D eigenvalue weighted by atomic mass is 10.00. The highest BCUT2D eigenvalue weighted by Crippen LogP contribution is 2.16. The van der Waals surface area contributed by atoms with E-state index in [4.69, 9.17) is 11.6 Å². The van der Waals surface area contributed by atoms with Crippen molar-refractivity contribution in [2.24, 2.45) is 5.92 Å². The molecular weight excluding hydrogens is 300 g/mol. The molecule has 1 aromatic rings. The summed E-state index contributed by atoms with van der Waals surface area (Å²) in [5, 5.41) is 3.44. The minimum atomic E-state index is -0.129. The second-order valence-electron chi connectivity index (χ2n) is 5.95. The molecule has 1 atom stereocenters. The molecule has 0 aliphatic carbocycles. The van der Waals surface area contributed by atoms with Crippen molar-refractivity contribution >= 4 is 23.4 Å². The van der Waals surface area contributed by atoms with Gasteiger partial charge in [0.15, 0.2) is 0 Å². The summed E-state index contributed by atoms with van der Waals surface area (Å²) in [5.74, 6) is 0.672. The Morgan fingerprint density at radius 2 is 2.05 bits per heavy atom. The Bertz CT molecular complexity index is 516. The summed E-state index contributed by atoms with van der Waals surface area (Å²) in [6.07, 6.45) is 3.47. The van der Waals surface area contributed by atoms with Crippen LogP contribution in [0.5, 0.6) is 0 Å². The first-order valence-electron chi connectivity index (χ1n) is 7.88. The Morgan fingerprint density at radius 3 is 2.73 bits per heavy atom. The van der Waals surface area contributed by atoms with Gasteiger partial charge >= 0.3 is 0 Å². The lowest BCUT2D eigenvalue weighted by Gasteiger charge is -2.31. The molecule has 0 unspecified atom stereocenters. The van der Waals surface area contributed by atoms with Gasteiger partial charge in [-0.05, 0) is 49.4 Å². The van der Waals surface area contributed by atoms with Crippen LogP contribution in [0.3, 0.4) is 0 Å². The van der Waals surface area contributed by atoms with E-state index in [1.165, 1.54) is 6.42 Å². The second kappa shape index (κ2) is 8.18. The topological polar surface area (TPSA) is 49.4 Å². The summed E-state index contributed by atoms with van der Waals surface area (Å²) >= 11 is 5.79. The first kappa shape index (κ1) is 16.8. The zero-order valence-electron chi connectivity index (χ0n) is 13.0. The number of carbonyl (C=O) groups is 2. The zero-order valence-corrected chi connectivity index (χ0v) is 13.7. The molecule has 1 aliphatic rings. The number of amides is 2. The van der Waals surface area contributed by atoms with Crippen molar-refractivity contribution in [2.75, 3.05) is 19.6 Å². The van der Waals surface area contributed by atoms with Gasteiger partial charge in [-0.3, -0.25) is 9.59 Å². The van der Waals surface area contributed by atoms with Crippen LogP contribution in [-0.4, -0.2) is 36.3 Å². The van der Waals surface area contributed by atoms with Crippen LogP contribution in [0.15, 0.2) is 24.3 Å². The van der Waals surface area contributed by atoms with Crippen LogP contribution in [0, 0.1) is 5.92 Å². The van der Waals surface area contributed by atoms with Crippen molar-refractivity contribution in [3.8, 4) is 0 Å². The van der Waals surface area contributed by atoms with Gasteiger partial charge in [-0.15, -0.1) is 0 Å². The zero-order chi connectivity index (χ0) is 15.9. The van der Waals surface area contributed by atoms with Crippen LogP contribution in [-0.2, 0) is 4.79 Å². The molecule has 5 heteroatoms. The van der Waals surface area contributed by atoms with E-state index in [0.717, 1.165) is 19.5 Å². The fourth-order valence-corrected chi connectivity index (χ4v) is 2.84. The number of benzene rings is 1. The molecule has 1 fully saturated rings. The van der Waals surface area contributed by atoms with E-state index in [1.807, 2.05) is 4.90 Å². The van der Waals surface area contributed by atoms with E-state index in [1.54, 1.807) is 24.3 Å². The summed E-state index contributed by atoms with van der Waals surface area (Å²) in [5.41, 5.74) is 0.584. The molecule has 2 amide bonds. The SMILES string of the molecule is C[C@H]1CCCN(C(=O)CCCNC(=O)c2ccc(Cl)cc2)C1. The molecule has 1 aromatic carbocycles. The Hall–Kier alpha value is -1.55. The Labute approximate surface area is 136 Å². The number of likely N-dealkylation sites (tertiary alicyclic amines) is 1. The summed E-state index contributed by atoms with van der Waals surface area (Å²) in [4.78, 5) is 25.9. The predicted octanol–water partition coefficient (Wildman–Crippen LogP) is 3.11. The van der Waals surface area contributed by atoms with E-state index in [2.05, 4.69) is 12.2 Å². The van der Waals surface area contributed by atoms with Crippen LogP contribution < -0.4 is 5.32 Å². The van der Waals surface area contributed by atoms with Crippen LogP contribution in [0.25, 0.3) is 0 Å². The van der Waals surface area contributed by atoms with Gasteiger partial charge in [0.05, 0.1) is 0 Å². The van der Waals surface area contributed by atoms with Gasteiger partial charge in [0.25, 0.3) is 5.91 Å². The third-order valence-electron chi connectivity index (χ3n) is 3.97. The maximum absolute atomic E-state index is 12.1. The van der Waals surface area contributed by atoms with Crippen molar-refractivity contribution in [2.45, 2.75) is 32.6 Å². The first-order valence-corrected chi connectivity index (χ1v) is 8.25. The Balaban J connectivity index is 1.67. The van der Waals surface area contributed by atoms with Crippen molar-refractivity contribution in [1.29, 1.82) is 0 Å². The standard InChI is InChI=1S/C17H23ClN2O2/c1-13-4-3-11-20(12-13)16(21)5-2-10-19-17(22)14-6-8-15(18)9-7-14/h6-9,13H,2-5,10-12H2,1H3,(H,19,22)/t13-/m0/s1. The highest BCUT2D eigenvalue weighted by molar-refractivity contribution is 6.30. The molecule has 0 aromatic heterocycles. The summed E-state index contributed by atoms with van der Waals surface area (Å²) in [6, 6.07) is 6.77. The third-order valence-corrected chi connectivity index (χ3v) is 4.22. The molecule has 0 saturated carbocycles. The number of hydrogen-bond donors (Lipinski definition) is 1. The normalized spacial score (nSPS) is 18.1. The van der Waals surface area contributed by atoms with Crippen LogP contribution in [0.2, 0.25) is 5.02 Å². The van der Waals surface area contributed by atoms with Crippen molar-refractivity contribution < 1.29 is 9.59 Å². The van der Waals surface area contributed by atoms with Crippen LogP contribution >= 0.6 is 11.6 Å². The average Bonchev–Trinajstić information content (AvgIpc) is 2.51. The fourth-order valence-electron chi connectivity index (χ4n) is 2.72. The monoisotopic (exact) mass is 322 g/mol. The minimum Gasteiger partial charge on any atom is -0.352 e. The highest BCUT2D eigenvalue weighted by atomic mass is 35.5. The molecule has 1 aliphatic heterocycles. The second-order valence-corrected chi connectivity index (χ2v) is 6.39. The summed E-state index contributed by atoms with van der Waals surface area (Å²) in [7, 11) is 0. The molecule has 22 heavy (non-hydrogen) atoms. The number of rotatable bonds is 5. The van der Waals surface area contributed by atoms with Gasteiger partial charge in [0.1, 0.15) is 0 Å². The molecule has 1 saturated heterocycles. The van der Waals surface area contributed by atoms with Gasteiger partial charge in [-0.2, -0.15) is 0 Å². The van der Waals surface area contributed by atoms with Crippen molar-refractivity contribution in [3.05, 3.63) is 34.9 Å². The van der Waals surface area contributed by atoms with Gasteiger partial charge in [-0.1, -0.05) is 18.5 Å². The molecule has 1 heterocycles. The molecule has 4 nitrogen and oxygen atoms in total. The number of hydrogen-bond acceptors (Lipinski definition) is 2. The first-order chi connectivity index (χ1) is 10.6. The molecule has 120 valence electrons. The van der Waals surface area contributed by atoms with E-state index < -0.39 is 0 Å². The quantitative estimate of drug-likeness (QED) is 0.847. The molecule has 0 bridgehead atoms. The number of halogens is 1. The van der Waals surface area contributed by atoms with E-state index in [-0.39, 0.29) is 11.8 Å². The van der Waals surface area contributed by atoms with Gasteiger partial charge in [-0.25, -0.2) is 0 Å². The summed E-state index contributed by atoms with van der Waals surface area (Å²) in [6.45, 7) is 4.44. The highest BCUT2D eigenvalue weighted by Gasteiger charge is 2.20. The predicted molar refractivity (Wildman–Crippen MR) is 88.0 cm³/mol. The van der Waals surface area contributed by atoms with Crippen LogP contribution in [0.1, 0.15) is 43.0 Å². The number of piperidine rings is 1. The molecule has 0 spiro atoms. The van der Waals surface area contributed by atoms with Gasteiger partial charge in [0, 0.05) is 36.6 Å². The van der Waals surface area contributed by atoms with Crippen LogP contribution in [0.4, 0.5) is 0 Å². The Morgan fingerprint density at radius 1 is 1.32 bits per heavy atom. The number of nitrogens with one attached hydrogen (secondary N) is 1. The lowest BCUT2D eigenvalue weighted by molar-refractivity contribution is -0.132. The van der Waals surface area contributed by atoms with E-state index in [9.17, 15) is 9.59 Å². The smallest absolute Gasteiger partial charge is 0.251 e. The lowest BCUT2D eigenvalue weighted by Crippen LogP contribution is -2.39. The molecule has 0 radical (unpaired) electrons. The molecule has 2 rings (SSSR count). The number of nitrogens with zero attached hydrogens (tertiary/aromatic N) is 1. The van der Waals surface area contributed by atoms with E-state index >= 15 is 0 Å². The van der Waals surface area contributed by atoms with Crippen molar-refractivity contribution in [3.63, 3.8) is 0 Å². The van der Waals surface area contributed by atoms with Gasteiger partial charge < -0.3 is 10.2 Å². The third kappa shape index (κ3) is 5.02. The summed E-state index contributed by atoms with van der Waals surface area (Å²) < 4.78 is 0. The largest absolute Gasteiger partial charge is 0.352 e. The maximum atomic E-state index is 12.1. The maximum Gasteiger partial charge on any atom is 0.251 e. The molecular formula is C17H23ClN2O2. The fraction of sp³-hybridized carbons (Fsp3) is 0.529. The van der Waals surface area contributed by atoms with E-state index in [0.29, 0.717) is 35.9 Å².